The van der Waals surface area contributed by atoms with E-state index >= 15 is 0 Å². The lowest BCUT2D eigenvalue weighted by atomic mass is 9.96. The minimum atomic E-state index is 0.0984. The Balaban J connectivity index is 2.25. The highest BCUT2D eigenvalue weighted by Gasteiger charge is 2.17. The monoisotopic (exact) mass is 250 g/mol. The van der Waals surface area contributed by atoms with Gasteiger partial charge in [-0.05, 0) is 37.1 Å². The van der Waals surface area contributed by atoms with Crippen LogP contribution in [0.15, 0.2) is 23.1 Å². The van der Waals surface area contributed by atoms with Gasteiger partial charge in [-0.2, -0.15) is 0 Å². The SMILES string of the molecule is CCC(CNC)c1ccc2c(c1)NC(=O)CS2. The van der Waals surface area contributed by atoms with E-state index in [9.17, 15) is 4.79 Å². The molecule has 0 saturated heterocycles. The third-order valence-electron chi connectivity index (χ3n) is 3.05. The number of fused-ring (bicyclic) bond motifs is 1. The average Bonchev–Trinajstić information content (AvgIpc) is 2.35. The lowest BCUT2D eigenvalue weighted by molar-refractivity contribution is -0.113. The van der Waals surface area contributed by atoms with Crippen LogP contribution in [-0.2, 0) is 4.79 Å². The first-order valence-electron chi connectivity index (χ1n) is 5.95. The van der Waals surface area contributed by atoms with Crippen molar-refractivity contribution in [3.8, 4) is 0 Å². The zero-order chi connectivity index (χ0) is 12.3. The molecule has 1 atom stereocenters. The number of anilines is 1. The van der Waals surface area contributed by atoms with Crippen LogP contribution in [0.2, 0.25) is 0 Å². The number of benzene rings is 1. The van der Waals surface area contributed by atoms with E-state index in [0.717, 1.165) is 18.7 Å². The number of likely N-dealkylation sites (N-methyl/N-ethyl adjacent to an activating group) is 1. The maximum absolute atomic E-state index is 11.4. The quantitative estimate of drug-likeness (QED) is 0.862. The summed E-state index contributed by atoms with van der Waals surface area (Å²) in [6, 6.07) is 6.41. The van der Waals surface area contributed by atoms with Crippen molar-refractivity contribution in [3.05, 3.63) is 23.8 Å². The van der Waals surface area contributed by atoms with Crippen molar-refractivity contribution in [2.24, 2.45) is 0 Å². The van der Waals surface area contributed by atoms with E-state index in [-0.39, 0.29) is 5.91 Å². The molecule has 1 aliphatic heterocycles. The molecule has 4 heteroatoms. The molecule has 0 spiro atoms. The van der Waals surface area contributed by atoms with Gasteiger partial charge in [-0.25, -0.2) is 0 Å². The fourth-order valence-electron chi connectivity index (χ4n) is 2.10. The minimum Gasteiger partial charge on any atom is -0.324 e. The van der Waals surface area contributed by atoms with Crippen LogP contribution in [0.3, 0.4) is 0 Å². The van der Waals surface area contributed by atoms with Crippen LogP contribution in [0, 0.1) is 0 Å². The Hall–Kier alpha value is -1.000. The molecule has 1 amide bonds. The lowest BCUT2D eigenvalue weighted by Crippen LogP contribution is -2.20. The number of hydrogen-bond donors (Lipinski definition) is 2. The summed E-state index contributed by atoms with van der Waals surface area (Å²) in [6.07, 6.45) is 1.10. The smallest absolute Gasteiger partial charge is 0.234 e. The third-order valence-corrected chi connectivity index (χ3v) is 4.12. The molecule has 1 heterocycles. The Morgan fingerprint density at radius 2 is 2.35 bits per heavy atom. The molecule has 0 bridgehead atoms. The molecular formula is C13H18N2OS. The van der Waals surface area contributed by atoms with Crippen molar-refractivity contribution >= 4 is 23.4 Å². The van der Waals surface area contributed by atoms with Gasteiger partial charge in [0.05, 0.1) is 11.4 Å². The highest BCUT2D eigenvalue weighted by Crippen LogP contribution is 2.34. The molecule has 2 rings (SSSR count). The highest BCUT2D eigenvalue weighted by molar-refractivity contribution is 8.00. The number of amides is 1. The van der Waals surface area contributed by atoms with Crippen LogP contribution in [0.5, 0.6) is 0 Å². The molecular weight excluding hydrogens is 232 g/mol. The normalized spacial score (nSPS) is 16.2. The molecule has 0 fully saturated rings. The first kappa shape index (κ1) is 12.5. The summed E-state index contributed by atoms with van der Waals surface area (Å²) >= 11 is 1.61. The van der Waals surface area contributed by atoms with Crippen LogP contribution in [-0.4, -0.2) is 25.3 Å². The van der Waals surface area contributed by atoms with Gasteiger partial charge in [-0.1, -0.05) is 13.0 Å². The zero-order valence-corrected chi connectivity index (χ0v) is 11.1. The number of nitrogens with one attached hydrogen (secondary N) is 2. The number of carbonyl (C=O) groups is 1. The van der Waals surface area contributed by atoms with Gasteiger partial charge < -0.3 is 10.6 Å². The largest absolute Gasteiger partial charge is 0.324 e. The first-order chi connectivity index (χ1) is 8.24. The minimum absolute atomic E-state index is 0.0984. The van der Waals surface area contributed by atoms with Crippen molar-refractivity contribution in [1.82, 2.24) is 5.32 Å². The zero-order valence-electron chi connectivity index (χ0n) is 10.2. The molecule has 1 unspecified atom stereocenters. The Bertz CT molecular complexity index is 420. The molecule has 3 nitrogen and oxygen atoms in total. The summed E-state index contributed by atoms with van der Waals surface area (Å²) in [5.41, 5.74) is 2.27. The predicted molar refractivity (Wildman–Crippen MR) is 72.8 cm³/mol. The summed E-state index contributed by atoms with van der Waals surface area (Å²) in [5.74, 6) is 1.13. The van der Waals surface area contributed by atoms with E-state index in [1.54, 1.807) is 11.8 Å². The average molecular weight is 250 g/mol. The van der Waals surface area contributed by atoms with E-state index in [1.807, 2.05) is 7.05 Å². The van der Waals surface area contributed by atoms with Crippen molar-refractivity contribution in [2.45, 2.75) is 24.2 Å². The Morgan fingerprint density at radius 3 is 3.06 bits per heavy atom. The van der Waals surface area contributed by atoms with Gasteiger partial charge in [0.25, 0.3) is 0 Å². The Labute approximate surface area is 106 Å². The molecule has 92 valence electrons. The number of thioether (sulfide) groups is 1. The first-order valence-corrected chi connectivity index (χ1v) is 6.94. The molecule has 0 aliphatic carbocycles. The van der Waals surface area contributed by atoms with Gasteiger partial charge in [-0.3, -0.25) is 4.79 Å². The van der Waals surface area contributed by atoms with Crippen molar-refractivity contribution in [3.63, 3.8) is 0 Å². The van der Waals surface area contributed by atoms with Crippen LogP contribution in [0.4, 0.5) is 5.69 Å². The van der Waals surface area contributed by atoms with E-state index in [1.165, 1.54) is 10.5 Å². The van der Waals surface area contributed by atoms with Gasteiger partial charge >= 0.3 is 0 Å². The highest BCUT2D eigenvalue weighted by atomic mass is 32.2. The van der Waals surface area contributed by atoms with Gasteiger partial charge in [0, 0.05) is 11.4 Å². The lowest BCUT2D eigenvalue weighted by Gasteiger charge is -2.20. The van der Waals surface area contributed by atoms with E-state index in [4.69, 9.17) is 0 Å². The van der Waals surface area contributed by atoms with Crippen molar-refractivity contribution < 1.29 is 4.79 Å². The Morgan fingerprint density at radius 1 is 1.53 bits per heavy atom. The summed E-state index contributed by atoms with van der Waals surface area (Å²) in [4.78, 5) is 12.5. The number of hydrogen-bond acceptors (Lipinski definition) is 3. The van der Waals surface area contributed by atoms with Gasteiger partial charge in [-0.15, -0.1) is 11.8 Å². The van der Waals surface area contributed by atoms with Crippen LogP contribution < -0.4 is 10.6 Å². The van der Waals surface area contributed by atoms with E-state index in [0.29, 0.717) is 11.7 Å². The van der Waals surface area contributed by atoms with Crippen LogP contribution in [0.1, 0.15) is 24.8 Å². The van der Waals surface area contributed by atoms with Gasteiger partial charge in [0.1, 0.15) is 0 Å². The van der Waals surface area contributed by atoms with Crippen LogP contribution >= 0.6 is 11.8 Å². The van der Waals surface area contributed by atoms with Crippen LogP contribution in [0.25, 0.3) is 0 Å². The second kappa shape index (κ2) is 5.56. The number of carbonyl (C=O) groups excluding carboxylic acids is 1. The summed E-state index contributed by atoms with van der Waals surface area (Å²) in [5, 5.41) is 6.15. The predicted octanol–water partition coefficient (Wildman–Crippen LogP) is 2.44. The molecule has 0 aromatic heterocycles. The maximum atomic E-state index is 11.4. The van der Waals surface area contributed by atoms with E-state index < -0.39 is 0 Å². The third kappa shape index (κ3) is 2.82. The fourth-order valence-corrected chi connectivity index (χ4v) is 2.89. The Kier molecular flexibility index (Phi) is 4.07. The van der Waals surface area contributed by atoms with Crippen molar-refractivity contribution in [2.75, 3.05) is 24.7 Å². The summed E-state index contributed by atoms with van der Waals surface area (Å²) < 4.78 is 0. The van der Waals surface area contributed by atoms with Gasteiger partial charge in [0.15, 0.2) is 0 Å². The summed E-state index contributed by atoms with van der Waals surface area (Å²) in [6.45, 7) is 3.16. The van der Waals surface area contributed by atoms with Crippen molar-refractivity contribution in [1.29, 1.82) is 0 Å². The topological polar surface area (TPSA) is 41.1 Å². The van der Waals surface area contributed by atoms with Gasteiger partial charge in [0.2, 0.25) is 5.91 Å². The maximum Gasteiger partial charge on any atom is 0.234 e. The fraction of sp³-hybridized carbons (Fsp3) is 0.462. The molecule has 17 heavy (non-hydrogen) atoms. The molecule has 1 aliphatic rings. The molecule has 1 aromatic rings. The number of rotatable bonds is 4. The second-order valence-corrected chi connectivity index (χ2v) is 5.27. The second-order valence-electron chi connectivity index (χ2n) is 4.26. The molecule has 0 radical (unpaired) electrons. The summed E-state index contributed by atoms with van der Waals surface area (Å²) in [7, 11) is 1.97. The van der Waals surface area contributed by atoms with E-state index in [2.05, 4.69) is 35.8 Å². The molecule has 2 N–H and O–H groups in total. The molecule has 0 saturated carbocycles. The molecule has 1 aromatic carbocycles. The standard InChI is InChI=1S/C13H18N2OS/c1-3-9(7-14-2)10-4-5-12-11(6-10)15-13(16)8-17-12/h4-6,9,14H,3,7-8H2,1-2H3,(H,15,16).